The average molecular weight is 298 g/mol. The van der Waals surface area contributed by atoms with Gasteiger partial charge in [-0.15, -0.1) is 0 Å². The number of hydrogen-bond acceptors (Lipinski definition) is 4. The summed E-state index contributed by atoms with van der Waals surface area (Å²) in [4.78, 5) is 11.3. The molecule has 118 valence electrons. The predicted molar refractivity (Wildman–Crippen MR) is 93.9 cm³/mol. The second-order valence-corrected chi connectivity index (χ2v) is 5.40. The van der Waals surface area contributed by atoms with Gasteiger partial charge < -0.3 is 10.2 Å². The molecule has 0 aliphatic heterocycles. The van der Waals surface area contributed by atoms with Gasteiger partial charge in [0.15, 0.2) is 0 Å². The van der Waals surface area contributed by atoms with Gasteiger partial charge in [-0.1, -0.05) is 32.9 Å². The fraction of sp³-hybridized carbons (Fsp3) is 0.444. The number of benzene rings is 1. The van der Waals surface area contributed by atoms with E-state index in [2.05, 4.69) is 65.2 Å². The van der Waals surface area contributed by atoms with Crippen LogP contribution in [0.25, 0.3) is 0 Å². The van der Waals surface area contributed by atoms with Crippen LogP contribution in [0.5, 0.6) is 0 Å². The highest BCUT2D eigenvalue weighted by Gasteiger charge is 2.07. The van der Waals surface area contributed by atoms with Crippen molar-refractivity contribution in [1.29, 1.82) is 0 Å². The summed E-state index contributed by atoms with van der Waals surface area (Å²) in [5.74, 6) is 1.64. The van der Waals surface area contributed by atoms with Crippen LogP contribution in [0.1, 0.15) is 39.2 Å². The molecule has 0 fully saturated rings. The highest BCUT2D eigenvalue weighted by Crippen LogP contribution is 2.17. The number of anilines is 3. The molecule has 22 heavy (non-hydrogen) atoms. The molecule has 0 aliphatic carbocycles. The molecule has 1 N–H and O–H groups in total. The summed E-state index contributed by atoms with van der Waals surface area (Å²) in [6.45, 7) is 8.59. The topological polar surface area (TPSA) is 41.1 Å². The maximum absolute atomic E-state index is 4.65. The number of nitrogens with one attached hydrogen (secondary N) is 1. The van der Waals surface area contributed by atoms with E-state index in [0.717, 1.165) is 43.9 Å². The number of aryl methyl sites for hydroxylation is 1. The van der Waals surface area contributed by atoms with Crippen LogP contribution in [0.4, 0.5) is 17.5 Å². The zero-order valence-corrected chi connectivity index (χ0v) is 13.8. The molecular formula is C18H26N4. The van der Waals surface area contributed by atoms with Gasteiger partial charge in [0.1, 0.15) is 5.82 Å². The summed E-state index contributed by atoms with van der Waals surface area (Å²) >= 11 is 0. The molecule has 2 rings (SSSR count). The Kier molecular flexibility index (Phi) is 6.19. The van der Waals surface area contributed by atoms with Crippen LogP contribution in [0.3, 0.4) is 0 Å². The summed E-state index contributed by atoms with van der Waals surface area (Å²) in [6, 6.07) is 10.4. The molecule has 1 aromatic heterocycles. The summed E-state index contributed by atoms with van der Waals surface area (Å²) < 4.78 is 0. The van der Waals surface area contributed by atoms with E-state index in [4.69, 9.17) is 0 Å². The van der Waals surface area contributed by atoms with E-state index in [0.29, 0.717) is 5.95 Å². The highest BCUT2D eigenvalue weighted by atomic mass is 15.2. The Morgan fingerprint density at radius 3 is 2.23 bits per heavy atom. The highest BCUT2D eigenvalue weighted by molar-refractivity contribution is 5.55. The molecule has 2 aromatic rings. The Balaban J connectivity index is 2.12. The Labute approximate surface area is 133 Å². The minimum Gasteiger partial charge on any atom is -0.356 e. The second-order valence-electron chi connectivity index (χ2n) is 5.40. The second kappa shape index (κ2) is 8.37. The van der Waals surface area contributed by atoms with Crippen molar-refractivity contribution < 1.29 is 0 Å². The van der Waals surface area contributed by atoms with Gasteiger partial charge >= 0.3 is 0 Å². The first kappa shape index (κ1) is 16.3. The normalized spacial score (nSPS) is 10.5. The minimum atomic E-state index is 0.652. The van der Waals surface area contributed by atoms with Crippen LogP contribution < -0.4 is 10.2 Å². The van der Waals surface area contributed by atoms with Crippen molar-refractivity contribution >= 4 is 17.5 Å². The van der Waals surface area contributed by atoms with Crippen LogP contribution >= 0.6 is 0 Å². The number of rotatable bonds is 8. The maximum Gasteiger partial charge on any atom is 0.229 e. The van der Waals surface area contributed by atoms with Gasteiger partial charge in [0, 0.05) is 25.0 Å². The van der Waals surface area contributed by atoms with Crippen molar-refractivity contribution in [2.75, 3.05) is 23.3 Å². The van der Waals surface area contributed by atoms with Crippen molar-refractivity contribution in [2.24, 2.45) is 0 Å². The quantitative estimate of drug-likeness (QED) is 0.784. The zero-order chi connectivity index (χ0) is 15.8. The van der Waals surface area contributed by atoms with E-state index in [-0.39, 0.29) is 0 Å². The first-order chi connectivity index (χ1) is 10.8. The smallest absolute Gasteiger partial charge is 0.229 e. The SMILES string of the molecule is CCCN(CCC)c1ccnc(Nc2ccc(CC)cc2)n1. The van der Waals surface area contributed by atoms with Crippen LogP contribution in [0.15, 0.2) is 36.5 Å². The molecule has 0 aliphatic rings. The fourth-order valence-corrected chi connectivity index (χ4v) is 2.42. The standard InChI is InChI=1S/C18H26N4/c1-4-13-22(14-5-2)17-11-12-19-18(21-17)20-16-9-7-15(6-3)8-10-16/h7-12H,4-6,13-14H2,1-3H3,(H,19,20,21). The fourth-order valence-electron chi connectivity index (χ4n) is 2.42. The van der Waals surface area contributed by atoms with Gasteiger partial charge in [-0.25, -0.2) is 4.98 Å². The third-order valence-electron chi connectivity index (χ3n) is 3.57. The minimum absolute atomic E-state index is 0.652. The van der Waals surface area contributed by atoms with Crippen molar-refractivity contribution in [3.8, 4) is 0 Å². The molecule has 0 bridgehead atoms. The van der Waals surface area contributed by atoms with Crippen molar-refractivity contribution in [3.63, 3.8) is 0 Å². The van der Waals surface area contributed by atoms with Crippen molar-refractivity contribution in [3.05, 3.63) is 42.1 Å². The van der Waals surface area contributed by atoms with Crippen LogP contribution in [-0.4, -0.2) is 23.1 Å². The van der Waals surface area contributed by atoms with Gasteiger partial charge in [0.2, 0.25) is 5.95 Å². The lowest BCUT2D eigenvalue weighted by atomic mass is 10.1. The zero-order valence-electron chi connectivity index (χ0n) is 13.8. The summed E-state index contributed by atoms with van der Waals surface area (Å²) in [5, 5.41) is 3.29. The lowest BCUT2D eigenvalue weighted by Gasteiger charge is -2.22. The van der Waals surface area contributed by atoms with E-state index in [1.165, 1.54) is 5.56 Å². The third kappa shape index (κ3) is 4.45. The van der Waals surface area contributed by atoms with Crippen LogP contribution in [0.2, 0.25) is 0 Å². The first-order valence-electron chi connectivity index (χ1n) is 8.20. The van der Waals surface area contributed by atoms with Crippen LogP contribution in [-0.2, 0) is 6.42 Å². The largest absolute Gasteiger partial charge is 0.356 e. The predicted octanol–water partition coefficient (Wildman–Crippen LogP) is 4.41. The van der Waals surface area contributed by atoms with E-state index in [1.807, 2.05) is 12.3 Å². The van der Waals surface area contributed by atoms with Gasteiger partial charge in [-0.2, -0.15) is 4.98 Å². The molecular weight excluding hydrogens is 272 g/mol. The molecule has 4 heteroatoms. The molecule has 0 atom stereocenters. The van der Waals surface area contributed by atoms with E-state index in [9.17, 15) is 0 Å². The van der Waals surface area contributed by atoms with Gasteiger partial charge in [-0.3, -0.25) is 0 Å². The molecule has 0 radical (unpaired) electrons. The molecule has 1 aromatic carbocycles. The Morgan fingerprint density at radius 2 is 1.64 bits per heavy atom. The van der Waals surface area contributed by atoms with E-state index >= 15 is 0 Å². The molecule has 0 unspecified atom stereocenters. The lowest BCUT2D eigenvalue weighted by Crippen LogP contribution is -2.26. The van der Waals surface area contributed by atoms with Crippen LogP contribution in [0, 0.1) is 0 Å². The molecule has 0 spiro atoms. The lowest BCUT2D eigenvalue weighted by molar-refractivity contribution is 0.733. The summed E-state index contributed by atoms with van der Waals surface area (Å²) in [5.41, 5.74) is 2.35. The first-order valence-corrected chi connectivity index (χ1v) is 8.20. The monoisotopic (exact) mass is 298 g/mol. The number of nitrogens with zero attached hydrogens (tertiary/aromatic N) is 3. The third-order valence-corrected chi connectivity index (χ3v) is 3.57. The van der Waals surface area contributed by atoms with E-state index < -0.39 is 0 Å². The van der Waals surface area contributed by atoms with E-state index in [1.54, 1.807) is 0 Å². The van der Waals surface area contributed by atoms with Crippen molar-refractivity contribution in [2.45, 2.75) is 40.0 Å². The van der Waals surface area contributed by atoms with Crippen molar-refractivity contribution in [1.82, 2.24) is 9.97 Å². The summed E-state index contributed by atoms with van der Waals surface area (Å²) in [6.07, 6.45) is 5.11. The average Bonchev–Trinajstić information content (AvgIpc) is 2.56. The van der Waals surface area contributed by atoms with Gasteiger partial charge in [0.25, 0.3) is 0 Å². The maximum atomic E-state index is 4.65. The molecule has 0 saturated carbocycles. The number of hydrogen-bond donors (Lipinski definition) is 1. The Morgan fingerprint density at radius 1 is 0.955 bits per heavy atom. The molecule has 0 saturated heterocycles. The molecule has 1 heterocycles. The Bertz CT molecular complexity index is 560. The molecule has 0 amide bonds. The van der Waals surface area contributed by atoms with Gasteiger partial charge in [0.05, 0.1) is 0 Å². The van der Waals surface area contributed by atoms with Gasteiger partial charge in [-0.05, 0) is 43.0 Å². The number of aromatic nitrogens is 2. The molecule has 4 nitrogen and oxygen atoms in total. The Hall–Kier alpha value is -2.10. The summed E-state index contributed by atoms with van der Waals surface area (Å²) in [7, 11) is 0.